The summed E-state index contributed by atoms with van der Waals surface area (Å²) in [6, 6.07) is 0. The minimum absolute atomic E-state index is 0.214. The van der Waals surface area contributed by atoms with Gasteiger partial charge in [-0.2, -0.15) is 0 Å². The second kappa shape index (κ2) is 13.4. The fourth-order valence-electron chi connectivity index (χ4n) is 3.44. The molecule has 0 amide bonds. The SMILES string of the molecule is CCCCCCCCCCC1(CCCCCCC)OCCO1. The van der Waals surface area contributed by atoms with E-state index in [1.807, 2.05) is 0 Å². The third-order valence-electron chi connectivity index (χ3n) is 4.89. The zero-order valence-corrected chi connectivity index (χ0v) is 15.3. The molecule has 1 aliphatic rings. The fourth-order valence-corrected chi connectivity index (χ4v) is 3.44. The van der Waals surface area contributed by atoms with E-state index in [0.717, 1.165) is 26.1 Å². The van der Waals surface area contributed by atoms with Gasteiger partial charge in [0.1, 0.15) is 0 Å². The zero-order chi connectivity index (χ0) is 15.9. The van der Waals surface area contributed by atoms with Crippen LogP contribution in [-0.2, 0) is 9.47 Å². The summed E-state index contributed by atoms with van der Waals surface area (Å²) in [5.74, 6) is -0.214. The zero-order valence-electron chi connectivity index (χ0n) is 15.3. The second-order valence-electron chi connectivity index (χ2n) is 7.00. The number of unbranched alkanes of at least 4 members (excludes halogenated alkanes) is 11. The van der Waals surface area contributed by atoms with E-state index >= 15 is 0 Å². The molecule has 132 valence electrons. The average Bonchev–Trinajstić information content (AvgIpc) is 2.99. The van der Waals surface area contributed by atoms with E-state index in [0.29, 0.717) is 0 Å². The molecular weight excluding hydrogens is 272 g/mol. The van der Waals surface area contributed by atoms with Crippen LogP contribution in [0.3, 0.4) is 0 Å². The van der Waals surface area contributed by atoms with E-state index in [4.69, 9.17) is 9.47 Å². The smallest absolute Gasteiger partial charge is 0.168 e. The molecule has 0 aromatic carbocycles. The Balaban J connectivity index is 2.05. The number of hydrogen-bond acceptors (Lipinski definition) is 2. The Morgan fingerprint density at radius 3 is 1.32 bits per heavy atom. The van der Waals surface area contributed by atoms with Gasteiger partial charge in [-0.3, -0.25) is 0 Å². The fraction of sp³-hybridized carbons (Fsp3) is 1.00. The molecule has 0 spiro atoms. The third kappa shape index (κ3) is 9.15. The Bertz CT molecular complexity index is 234. The van der Waals surface area contributed by atoms with Crippen LogP contribution in [0.5, 0.6) is 0 Å². The molecule has 0 aliphatic carbocycles. The first kappa shape index (κ1) is 20.0. The maximum atomic E-state index is 5.98. The van der Waals surface area contributed by atoms with Crippen LogP contribution in [0, 0.1) is 0 Å². The first-order valence-corrected chi connectivity index (χ1v) is 10.1. The van der Waals surface area contributed by atoms with Gasteiger partial charge in [0.25, 0.3) is 0 Å². The normalized spacial score (nSPS) is 17.2. The van der Waals surface area contributed by atoms with Gasteiger partial charge in [-0.25, -0.2) is 0 Å². The molecule has 1 rings (SSSR count). The van der Waals surface area contributed by atoms with Gasteiger partial charge in [-0.05, 0) is 12.8 Å². The van der Waals surface area contributed by atoms with Gasteiger partial charge in [0.15, 0.2) is 5.79 Å². The Kier molecular flexibility index (Phi) is 12.1. The van der Waals surface area contributed by atoms with Crippen LogP contribution in [-0.4, -0.2) is 19.0 Å². The Morgan fingerprint density at radius 2 is 0.909 bits per heavy atom. The quantitative estimate of drug-likeness (QED) is 0.316. The highest BCUT2D eigenvalue weighted by atomic mass is 16.7. The lowest BCUT2D eigenvalue weighted by Gasteiger charge is -2.27. The molecule has 22 heavy (non-hydrogen) atoms. The van der Waals surface area contributed by atoms with Crippen LogP contribution in [0.15, 0.2) is 0 Å². The van der Waals surface area contributed by atoms with E-state index in [1.165, 1.54) is 83.5 Å². The predicted octanol–water partition coefficient (Wildman–Crippen LogP) is 6.62. The van der Waals surface area contributed by atoms with Gasteiger partial charge < -0.3 is 9.47 Å². The molecule has 1 heterocycles. The molecule has 0 atom stereocenters. The van der Waals surface area contributed by atoms with E-state index in [2.05, 4.69) is 13.8 Å². The second-order valence-corrected chi connectivity index (χ2v) is 7.00. The lowest BCUT2D eigenvalue weighted by atomic mass is 9.99. The Hall–Kier alpha value is -0.0800. The molecule has 2 nitrogen and oxygen atoms in total. The van der Waals surface area contributed by atoms with Crippen molar-refractivity contribution in [3.63, 3.8) is 0 Å². The van der Waals surface area contributed by atoms with Crippen LogP contribution in [0.4, 0.5) is 0 Å². The maximum Gasteiger partial charge on any atom is 0.168 e. The van der Waals surface area contributed by atoms with E-state index in [-0.39, 0.29) is 5.79 Å². The van der Waals surface area contributed by atoms with Crippen LogP contribution >= 0.6 is 0 Å². The molecule has 0 bridgehead atoms. The molecule has 2 heteroatoms. The van der Waals surface area contributed by atoms with Gasteiger partial charge in [-0.15, -0.1) is 0 Å². The first-order chi connectivity index (χ1) is 10.8. The molecule has 0 aromatic rings. The molecule has 0 unspecified atom stereocenters. The van der Waals surface area contributed by atoms with Crippen molar-refractivity contribution in [2.24, 2.45) is 0 Å². The molecule has 0 radical (unpaired) electrons. The average molecular weight is 313 g/mol. The van der Waals surface area contributed by atoms with Crippen molar-refractivity contribution in [2.45, 2.75) is 116 Å². The van der Waals surface area contributed by atoms with Crippen molar-refractivity contribution in [1.82, 2.24) is 0 Å². The van der Waals surface area contributed by atoms with Crippen LogP contribution in [0.2, 0.25) is 0 Å². The maximum absolute atomic E-state index is 5.98. The summed E-state index contributed by atoms with van der Waals surface area (Å²) in [6.07, 6.45) is 19.8. The molecule has 0 N–H and O–H groups in total. The number of ether oxygens (including phenoxy) is 2. The monoisotopic (exact) mass is 312 g/mol. The molecule has 0 saturated carbocycles. The Morgan fingerprint density at radius 1 is 0.545 bits per heavy atom. The van der Waals surface area contributed by atoms with Crippen molar-refractivity contribution in [3.8, 4) is 0 Å². The van der Waals surface area contributed by atoms with Gasteiger partial charge in [0, 0.05) is 12.8 Å². The van der Waals surface area contributed by atoms with Crippen LogP contribution in [0.1, 0.15) is 110 Å². The topological polar surface area (TPSA) is 18.5 Å². The van der Waals surface area contributed by atoms with Crippen molar-refractivity contribution < 1.29 is 9.47 Å². The standard InChI is InChI=1S/C20H40O2/c1-3-5-7-9-10-11-13-15-17-20(21-18-19-22-20)16-14-12-8-6-4-2/h3-19H2,1-2H3. The van der Waals surface area contributed by atoms with Crippen LogP contribution in [0.25, 0.3) is 0 Å². The van der Waals surface area contributed by atoms with Crippen molar-refractivity contribution in [2.75, 3.05) is 13.2 Å². The number of rotatable bonds is 15. The van der Waals surface area contributed by atoms with Gasteiger partial charge >= 0.3 is 0 Å². The van der Waals surface area contributed by atoms with E-state index in [1.54, 1.807) is 0 Å². The molecular formula is C20H40O2. The van der Waals surface area contributed by atoms with Crippen molar-refractivity contribution in [3.05, 3.63) is 0 Å². The predicted molar refractivity (Wildman–Crippen MR) is 95.2 cm³/mol. The molecule has 1 saturated heterocycles. The minimum Gasteiger partial charge on any atom is -0.348 e. The summed E-state index contributed by atoms with van der Waals surface area (Å²) in [5.41, 5.74) is 0. The highest BCUT2D eigenvalue weighted by Gasteiger charge is 2.34. The van der Waals surface area contributed by atoms with E-state index < -0.39 is 0 Å². The molecule has 0 aromatic heterocycles. The summed E-state index contributed by atoms with van der Waals surface area (Å²) in [5, 5.41) is 0. The highest BCUT2D eigenvalue weighted by Crippen LogP contribution is 2.31. The summed E-state index contributed by atoms with van der Waals surface area (Å²) >= 11 is 0. The largest absolute Gasteiger partial charge is 0.348 e. The van der Waals surface area contributed by atoms with Crippen molar-refractivity contribution >= 4 is 0 Å². The van der Waals surface area contributed by atoms with Gasteiger partial charge in [-0.1, -0.05) is 84.5 Å². The third-order valence-corrected chi connectivity index (χ3v) is 4.89. The van der Waals surface area contributed by atoms with Gasteiger partial charge in [0.05, 0.1) is 13.2 Å². The first-order valence-electron chi connectivity index (χ1n) is 10.1. The molecule has 1 fully saturated rings. The van der Waals surface area contributed by atoms with Crippen molar-refractivity contribution in [1.29, 1.82) is 0 Å². The van der Waals surface area contributed by atoms with Gasteiger partial charge in [0.2, 0.25) is 0 Å². The van der Waals surface area contributed by atoms with Crippen LogP contribution < -0.4 is 0 Å². The summed E-state index contributed by atoms with van der Waals surface area (Å²) < 4.78 is 12.0. The summed E-state index contributed by atoms with van der Waals surface area (Å²) in [7, 11) is 0. The van der Waals surface area contributed by atoms with E-state index in [9.17, 15) is 0 Å². The highest BCUT2D eigenvalue weighted by molar-refractivity contribution is 4.74. The Labute approximate surface area is 139 Å². The molecule has 1 aliphatic heterocycles. The summed E-state index contributed by atoms with van der Waals surface area (Å²) in [4.78, 5) is 0. The summed E-state index contributed by atoms with van der Waals surface area (Å²) in [6.45, 7) is 6.15. The lowest BCUT2D eigenvalue weighted by molar-refractivity contribution is -0.168. The number of hydrogen-bond donors (Lipinski definition) is 0. The lowest BCUT2D eigenvalue weighted by Crippen LogP contribution is -2.30. The minimum atomic E-state index is -0.214.